The maximum atomic E-state index is 6.19. The van der Waals surface area contributed by atoms with Gasteiger partial charge < -0.3 is 14.8 Å². The van der Waals surface area contributed by atoms with E-state index in [0.717, 1.165) is 29.8 Å². The third-order valence-corrected chi connectivity index (χ3v) is 5.80. The van der Waals surface area contributed by atoms with Gasteiger partial charge in [-0.3, -0.25) is 0 Å². The van der Waals surface area contributed by atoms with Crippen molar-refractivity contribution >= 4 is 34.0 Å². The van der Waals surface area contributed by atoms with E-state index in [9.17, 15) is 0 Å². The SMILES string of the molecule is Clc1ccc(COc2ccc3ccccc3c2CNCCCOc2ccccn2)cc1Cl. The first-order valence-electron chi connectivity index (χ1n) is 10.5. The number of fused-ring (bicyclic) bond motifs is 1. The second-order valence-corrected chi connectivity index (χ2v) is 8.16. The summed E-state index contributed by atoms with van der Waals surface area (Å²) in [7, 11) is 0. The first kappa shape index (κ1) is 22.4. The van der Waals surface area contributed by atoms with Gasteiger partial charge in [0.1, 0.15) is 12.4 Å². The highest BCUT2D eigenvalue weighted by atomic mass is 35.5. The van der Waals surface area contributed by atoms with E-state index in [0.29, 0.717) is 35.7 Å². The van der Waals surface area contributed by atoms with Gasteiger partial charge in [-0.15, -0.1) is 0 Å². The van der Waals surface area contributed by atoms with E-state index >= 15 is 0 Å². The molecule has 3 aromatic carbocycles. The molecule has 0 radical (unpaired) electrons. The number of hydrogen-bond donors (Lipinski definition) is 1. The fourth-order valence-corrected chi connectivity index (χ4v) is 3.76. The quantitative estimate of drug-likeness (QED) is 0.264. The fourth-order valence-electron chi connectivity index (χ4n) is 3.44. The normalized spacial score (nSPS) is 10.9. The van der Waals surface area contributed by atoms with Crippen LogP contribution in [0.3, 0.4) is 0 Å². The molecule has 4 aromatic rings. The van der Waals surface area contributed by atoms with Gasteiger partial charge >= 0.3 is 0 Å². The Morgan fingerprint density at radius 3 is 2.56 bits per heavy atom. The number of benzene rings is 3. The Balaban J connectivity index is 1.39. The van der Waals surface area contributed by atoms with E-state index in [4.69, 9.17) is 32.7 Å². The summed E-state index contributed by atoms with van der Waals surface area (Å²) in [6, 6.07) is 23.7. The Morgan fingerprint density at radius 1 is 0.844 bits per heavy atom. The molecule has 0 saturated heterocycles. The molecular formula is C26H24Cl2N2O2. The first-order valence-corrected chi connectivity index (χ1v) is 11.3. The molecule has 0 aliphatic carbocycles. The van der Waals surface area contributed by atoms with E-state index < -0.39 is 0 Å². The van der Waals surface area contributed by atoms with Crippen LogP contribution in [0.25, 0.3) is 10.8 Å². The molecule has 0 unspecified atom stereocenters. The summed E-state index contributed by atoms with van der Waals surface area (Å²) in [5, 5.41) is 6.95. The van der Waals surface area contributed by atoms with Gasteiger partial charge in [-0.1, -0.05) is 65.7 Å². The lowest BCUT2D eigenvalue weighted by molar-refractivity contribution is 0.294. The topological polar surface area (TPSA) is 43.4 Å². The highest BCUT2D eigenvalue weighted by Gasteiger charge is 2.10. The van der Waals surface area contributed by atoms with E-state index in [-0.39, 0.29) is 0 Å². The number of pyridine rings is 1. The summed E-state index contributed by atoms with van der Waals surface area (Å²) >= 11 is 12.2. The van der Waals surface area contributed by atoms with Crippen molar-refractivity contribution in [3.8, 4) is 11.6 Å². The Morgan fingerprint density at radius 2 is 1.72 bits per heavy atom. The van der Waals surface area contributed by atoms with Crippen molar-refractivity contribution in [2.75, 3.05) is 13.2 Å². The molecule has 4 nitrogen and oxygen atoms in total. The molecule has 1 N–H and O–H groups in total. The first-order chi connectivity index (χ1) is 15.7. The molecule has 0 saturated carbocycles. The molecule has 0 spiro atoms. The van der Waals surface area contributed by atoms with E-state index in [1.165, 1.54) is 10.8 Å². The molecule has 0 atom stereocenters. The van der Waals surface area contributed by atoms with E-state index in [1.807, 2.05) is 42.5 Å². The smallest absolute Gasteiger partial charge is 0.213 e. The lowest BCUT2D eigenvalue weighted by atomic mass is 10.0. The minimum atomic E-state index is 0.417. The number of halogens is 2. The minimum Gasteiger partial charge on any atom is -0.489 e. The number of nitrogens with one attached hydrogen (secondary N) is 1. The summed E-state index contributed by atoms with van der Waals surface area (Å²) in [5.74, 6) is 1.51. The van der Waals surface area contributed by atoms with Crippen molar-refractivity contribution < 1.29 is 9.47 Å². The largest absolute Gasteiger partial charge is 0.489 e. The predicted octanol–water partition coefficient (Wildman–Crippen LogP) is 6.68. The molecular weight excluding hydrogens is 443 g/mol. The van der Waals surface area contributed by atoms with Crippen LogP contribution in [0.15, 0.2) is 79.0 Å². The van der Waals surface area contributed by atoms with Crippen LogP contribution in [0.4, 0.5) is 0 Å². The molecule has 1 aromatic heterocycles. The van der Waals surface area contributed by atoms with E-state index in [2.05, 4.69) is 34.6 Å². The van der Waals surface area contributed by atoms with Crippen molar-refractivity contribution in [3.05, 3.63) is 100 Å². The van der Waals surface area contributed by atoms with Gasteiger partial charge in [0.15, 0.2) is 0 Å². The molecule has 0 aliphatic heterocycles. The lowest BCUT2D eigenvalue weighted by Crippen LogP contribution is -2.18. The Bertz CT molecular complexity index is 1170. The van der Waals surface area contributed by atoms with Gasteiger partial charge in [0.25, 0.3) is 0 Å². The van der Waals surface area contributed by atoms with Gasteiger partial charge in [-0.2, -0.15) is 0 Å². The summed E-state index contributed by atoms with van der Waals surface area (Å²) in [4.78, 5) is 4.17. The van der Waals surface area contributed by atoms with Gasteiger partial charge in [0.2, 0.25) is 5.88 Å². The van der Waals surface area contributed by atoms with Crippen molar-refractivity contribution in [2.24, 2.45) is 0 Å². The Labute approximate surface area is 198 Å². The third-order valence-electron chi connectivity index (χ3n) is 5.06. The Hall–Kier alpha value is -2.79. The standard InChI is InChI=1S/C26H24Cl2N2O2/c27-23-11-9-19(16-24(23)28)18-32-25-12-10-20-6-1-2-7-21(20)22(25)17-29-13-5-15-31-26-8-3-4-14-30-26/h1-4,6-12,14,16,29H,5,13,15,17-18H2. The van der Waals surface area contributed by atoms with E-state index in [1.54, 1.807) is 12.3 Å². The van der Waals surface area contributed by atoms with Crippen molar-refractivity contribution in [3.63, 3.8) is 0 Å². The molecule has 1 heterocycles. The molecule has 164 valence electrons. The average Bonchev–Trinajstić information content (AvgIpc) is 2.83. The second kappa shape index (κ2) is 11.2. The highest BCUT2D eigenvalue weighted by molar-refractivity contribution is 6.42. The number of ether oxygens (including phenoxy) is 2. The van der Waals surface area contributed by atoms with Gasteiger partial charge in [-0.05, 0) is 53.6 Å². The van der Waals surface area contributed by atoms with Crippen LogP contribution in [-0.4, -0.2) is 18.1 Å². The number of nitrogens with zero attached hydrogens (tertiary/aromatic N) is 1. The molecule has 32 heavy (non-hydrogen) atoms. The molecule has 0 aliphatic rings. The van der Waals surface area contributed by atoms with Crippen molar-refractivity contribution in [1.82, 2.24) is 10.3 Å². The van der Waals surface area contributed by atoms with Gasteiger partial charge in [0, 0.05) is 24.4 Å². The zero-order chi connectivity index (χ0) is 22.2. The zero-order valence-corrected chi connectivity index (χ0v) is 19.1. The molecule has 0 amide bonds. The number of hydrogen-bond acceptors (Lipinski definition) is 4. The summed E-state index contributed by atoms with van der Waals surface area (Å²) in [6.07, 6.45) is 2.61. The summed E-state index contributed by atoms with van der Waals surface area (Å²) in [6.45, 7) is 2.55. The highest BCUT2D eigenvalue weighted by Crippen LogP contribution is 2.29. The predicted molar refractivity (Wildman–Crippen MR) is 131 cm³/mol. The maximum absolute atomic E-state index is 6.19. The molecule has 6 heteroatoms. The lowest BCUT2D eigenvalue weighted by Gasteiger charge is -2.15. The van der Waals surface area contributed by atoms with Crippen molar-refractivity contribution in [1.29, 1.82) is 0 Å². The second-order valence-electron chi connectivity index (χ2n) is 7.35. The van der Waals surface area contributed by atoms with Crippen LogP contribution >= 0.6 is 23.2 Å². The van der Waals surface area contributed by atoms with Crippen LogP contribution in [0.1, 0.15) is 17.5 Å². The zero-order valence-electron chi connectivity index (χ0n) is 17.6. The van der Waals surface area contributed by atoms with Crippen molar-refractivity contribution in [2.45, 2.75) is 19.6 Å². The number of rotatable bonds is 10. The van der Waals surface area contributed by atoms with Gasteiger partial charge in [-0.25, -0.2) is 4.98 Å². The molecule has 0 bridgehead atoms. The van der Waals surface area contributed by atoms with Crippen LogP contribution < -0.4 is 14.8 Å². The van der Waals surface area contributed by atoms with Gasteiger partial charge in [0.05, 0.1) is 16.7 Å². The van der Waals surface area contributed by atoms with Crippen LogP contribution in [0.5, 0.6) is 11.6 Å². The average molecular weight is 467 g/mol. The van der Waals surface area contributed by atoms with Crippen LogP contribution in [0, 0.1) is 0 Å². The number of aromatic nitrogens is 1. The third kappa shape index (κ3) is 5.92. The fraction of sp³-hybridized carbons (Fsp3) is 0.192. The maximum Gasteiger partial charge on any atom is 0.213 e. The molecule has 0 fully saturated rings. The minimum absolute atomic E-state index is 0.417. The summed E-state index contributed by atoms with van der Waals surface area (Å²) in [5.41, 5.74) is 2.10. The Kier molecular flexibility index (Phi) is 7.83. The van der Waals surface area contributed by atoms with Crippen LogP contribution in [0.2, 0.25) is 10.0 Å². The summed E-state index contributed by atoms with van der Waals surface area (Å²) < 4.78 is 11.8. The molecule has 4 rings (SSSR count). The monoisotopic (exact) mass is 466 g/mol. The van der Waals surface area contributed by atoms with Crippen LogP contribution in [-0.2, 0) is 13.2 Å².